The van der Waals surface area contributed by atoms with Crippen molar-refractivity contribution < 1.29 is 9.53 Å². The quantitative estimate of drug-likeness (QED) is 0.628. The maximum absolute atomic E-state index is 12.7. The van der Waals surface area contributed by atoms with Crippen LogP contribution >= 0.6 is 0 Å². The third-order valence-electron chi connectivity index (χ3n) is 4.21. The van der Waals surface area contributed by atoms with Gasteiger partial charge in [0.25, 0.3) is 5.56 Å². The van der Waals surface area contributed by atoms with Gasteiger partial charge in [-0.05, 0) is 30.2 Å². The predicted octanol–water partition coefficient (Wildman–Crippen LogP) is 3.43. The molecular formula is C21H19N3O3. The second-order valence-electron chi connectivity index (χ2n) is 6.16. The van der Waals surface area contributed by atoms with Gasteiger partial charge in [-0.1, -0.05) is 43.7 Å². The highest BCUT2D eigenvalue weighted by Crippen LogP contribution is 2.15. The van der Waals surface area contributed by atoms with Crippen molar-refractivity contribution >= 4 is 16.7 Å². The number of aromatic nitrogens is 2. The molecule has 2 aromatic carbocycles. The molecule has 3 rings (SSSR count). The monoisotopic (exact) mass is 361 g/mol. The molecule has 6 heteroatoms. The molecule has 0 saturated heterocycles. The second-order valence-corrected chi connectivity index (χ2v) is 6.16. The van der Waals surface area contributed by atoms with Gasteiger partial charge >= 0.3 is 5.97 Å². The van der Waals surface area contributed by atoms with Gasteiger partial charge < -0.3 is 4.74 Å². The number of carbonyl (C=O) groups is 1. The minimum absolute atomic E-state index is 0.0262. The summed E-state index contributed by atoms with van der Waals surface area (Å²) in [6.07, 6.45) is 1.71. The van der Waals surface area contributed by atoms with Gasteiger partial charge in [0, 0.05) is 11.9 Å². The zero-order chi connectivity index (χ0) is 19.2. The van der Waals surface area contributed by atoms with Crippen molar-refractivity contribution in [3.63, 3.8) is 0 Å². The van der Waals surface area contributed by atoms with Crippen LogP contribution in [0, 0.1) is 11.3 Å². The van der Waals surface area contributed by atoms with E-state index in [4.69, 9.17) is 10.00 Å². The molecule has 0 aliphatic rings. The van der Waals surface area contributed by atoms with Crippen molar-refractivity contribution in [3.8, 4) is 6.07 Å². The topological polar surface area (TPSA) is 85.0 Å². The maximum Gasteiger partial charge on any atom is 0.359 e. The molecule has 0 fully saturated rings. The van der Waals surface area contributed by atoms with Gasteiger partial charge in [0.2, 0.25) is 0 Å². The molecule has 0 N–H and O–H groups in total. The van der Waals surface area contributed by atoms with Crippen molar-refractivity contribution in [2.24, 2.45) is 0 Å². The number of hydrogen-bond donors (Lipinski definition) is 0. The molecule has 0 amide bonds. The smallest absolute Gasteiger partial charge is 0.359 e. The zero-order valence-electron chi connectivity index (χ0n) is 15.0. The Hall–Kier alpha value is -3.46. The summed E-state index contributed by atoms with van der Waals surface area (Å²) < 4.78 is 6.73. The zero-order valence-corrected chi connectivity index (χ0v) is 15.0. The van der Waals surface area contributed by atoms with E-state index in [2.05, 4.69) is 11.2 Å². The fourth-order valence-electron chi connectivity index (χ4n) is 2.79. The third kappa shape index (κ3) is 4.04. The lowest BCUT2D eigenvalue weighted by Crippen LogP contribution is -2.26. The Morgan fingerprint density at radius 2 is 1.96 bits per heavy atom. The van der Waals surface area contributed by atoms with E-state index in [1.165, 1.54) is 4.68 Å². The number of aryl methyl sites for hydroxylation is 1. The Labute approximate surface area is 156 Å². The minimum Gasteiger partial charge on any atom is -0.456 e. The van der Waals surface area contributed by atoms with Crippen LogP contribution < -0.4 is 5.56 Å². The fourth-order valence-corrected chi connectivity index (χ4v) is 2.79. The maximum atomic E-state index is 12.7. The Morgan fingerprint density at radius 1 is 1.19 bits per heavy atom. The second kappa shape index (κ2) is 8.28. The van der Waals surface area contributed by atoms with Crippen LogP contribution in [0.25, 0.3) is 10.8 Å². The normalized spacial score (nSPS) is 10.5. The highest BCUT2D eigenvalue weighted by atomic mass is 16.5. The number of carbonyl (C=O) groups excluding carboxylic acids is 1. The molecule has 1 heterocycles. The lowest BCUT2D eigenvalue weighted by atomic mass is 10.1. The number of esters is 1. The molecule has 0 spiro atoms. The molecule has 0 bridgehead atoms. The highest BCUT2D eigenvalue weighted by molar-refractivity contribution is 6.02. The fraction of sp³-hybridized carbons (Fsp3) is 0.238. The predicted molar refractivity (Wildman–Crippen MR) is 101 cm³/mol. The summed E-state index contributed by atoms with van der Waals surface area (Å²) in [6.45, 7) is 2.50. The van der Waals surface area contributed by atoms with Crippen molar-refractivity contribution in [1.29, 1.82) is 5.26 Å². The van der Waals surface area contributed by atoms with Gasteiger partial charge in [-0.25, -0.2) is 9.48 Å². The van der Waals surface area contributed by atoms with E-state index in [1.54, 1.807) is 48.5 Å². The summed E-state index contributed by atoms with van der Waals surface area (Å²) in [5.41, 5.74) is 1.13. The molecule has 0 unspecified atom stereocenters. The SMILES string of the molecule is CCCCn1nc(C(=O)OCc2cccc(C#N)c2)c2ccccc2c1=O. The number of unbranched alkanes of at least 4 members (excludes halogenated alkanes) is 1. The van der Waals surface area contributed by atoms with E-state index < -0.39 is 5.97 Å². The van der Waals surface area contributed by atoms with E-state index >= 15 is 0 Å². The van der Waals surface area contributed by atoms with Crippen LogP contribution in [-0.2, 0) is 17.9 Å². The number of benzene rings is 2. The van der Waals surface area contributed by atoms with Gasteiger partial charge in [0.15, 0.2) is 5.69 Å². The Morgan fingerprint density at radius 3 is 2.70 bits per heavy atom. The first-order valence-corrected chi connectivity index (χ1v) is 8.80. The Balaban J connectivity index is 1.92. The standard InChI is InChI=1S/C21H19N3O3/c1-2-3-11-24-20(25)18-10-5-4-9-17(18)19(23-24)21(26)27-14-16-8-6-7-15(12-16)13-22/h4-10,12H,2-3,11,14H2,1H3. The van der Waals surface area contributed by atoms with Crippen molar-refractivity contribution in [3.05, 3.63) is 75.7 Å². The van der Waals surface area contributed by atoms with Crippen LogP contribution in [0.5, 0.6) is 0 Å². The lowest BCUT2D eigenvalue weighted by Gasteiger charge is -2.11. The van der Waals surface area contributed by atoms with Gasteiger partial charge in [0.1, 0.15) is 6.61 Å². The number of hydrogen-bond acceptors (Lipinski definition) is 5. The lowest BCUT2D eigenvalue weighted by molar-refractivity contribution is 0.0465. The summed E-state index contributed by atoms with van der Waals surface area (Å²) in [6, 6.07) is 15.8. The van der Waals surface area contributed by atoms with E-state index in [9.17, 15) is 9.59 Å². The van der Waals surface area contributed by atoms with Gasteiger partial charge in [0.05, 0.1) is 17.0 Å². The van der Waals surface area contributed by atoms with Gasteiger partial charge in [-0.2, -0.15) is 10.4 Å². The minimum atomic E-state index is -0.598. The van der Waals surface area contributed by atoms with Crippen LogP contribution in [0.15, 0.2) is 53.3 Å². The van der Waals surface area contributed by atoms with E-state index in [0.29, 0.717) is 28.4 Å². The molecule has 136 valence electrons. The van der Waals surface area contributed by atoms with Crippen LogP contribution in [-0.4, -0.2) is 15.7 Å². The van der Waals surface area contributed by atoms with Gasteiger partial charge in [-0.15, -0.1) is 0 Å². The Kier molecular flexibility index (Phi) is 5.62. The highest BCUT2D eigenvalue weighted by Gasteiger charge is 2.18. The van der Waals surface area contributed by atoms with E-state index in [0.717, 1.165) is 12.8 Å². The first-order chi connectivity index (χ1) is 13.1. The molecule has 0 atom stereocenters. The largest absolute Gasteiger partial charge is 0.456 e. The summed E-state index contributed by atoms with van der Waals surface area (Å²) in [7, 11) is 0. The first-order valence-electron chi connectivity index (χ1n) is 8.80. The number of ether oxygens (including phenoxy) is 1. The molecule has 0 aliphatic carbocycles. The Bertz CT molecular complexity index is 1080. The van der Waals surface area contributed by atoms with Crippen molar-refractivity contribution in [1.82, 2.24) is 9.78 Å². The molecular weight excluding hydrogens is 342 g/mol. The van der Waals surface area contributed by atoms with Crippen molar-refractivity contribution in [2.75, 3.05) is 0 Å². The summed E-state index contributed by atoms with van der Waals surface area (Å²) in [5, 5.41) is 14.1. The first kappa shape index (κ1) is 18.3. The molecule has 0 aliphatic heterocycles. The van der Waals surface area contributed by atoms with Crippen molar-refractivity contribution in [2.45, 2.75) is 32.9 Å². The molecule has 0 saturated carbocycles. The molecule has 6 nitrogen and oxygen atoms in total. The average Bonchev–Trinajstić information content (AvgIpc) is 2.72. The molecule has 0 radical (unpaired) electrons. The van der Waals surface area contributed by atoms with Crippen LogP contribution in [0.3, 0.4) is 0 Å². The van der Waals surface area contributed by atoms with Crippen LogP contribution in [0.1, 0.15) is 41.4 Å². The number of fused-ring (bicyclic) bond motifs is 1. The number of rotatable bonds is 6. The number of nitrogens with zero attached hydrogens (tertiary/aromatic N) is 3. The van der Waals surface area contributed by atoms with Gasteiger partial charge in [-0.3, -0.25) is 4.79 Å². The molecule has 3 aromatic rings. The van der Waals surface area contributed by atoms with Crippen LogP contribution in [0.4, 0.5) is 0 Å². The third-order valence-corrected chi connectivity index (χ3v) is 4.21. The molecule has 27 heavy (non-hydrogen) atoms. The summed E-state index contributed by atoms with van der Waals surface area (Å²) in [4.78, 5) is 25.2. The number of nitriles is 1. The van der Waals surface area contributed by atoms with Crippen LogP contribution in [0.2, 0.25) is 0 Å². The summed E-state index contributed by atoms with van der Waals surface area (Å²) >= 11 is 0. The molecule has 1 aromatic heterocycles. The average molecular weight is 361 g/mol. The summed E-state index contributed by atoms with van der Waals surface area (Å²) in [5.74, 6) is -0.598. The van der Waals surface area contributed by atoms with E-state index in [1.807, 2.05) is 6.92 Å². The van der Waals surface area contributed by atoms with E-state index in [-0.39, 0.29) is 17.9 Å².